The molecule has 5 aromatic rings. The normalized spacial score (nSPS) is 11.2. The third-order valence-corrected chi connectivity index (χ3v) is 5.31. The largest absolute Gasteiger partial charge is 0.464 e. The minimum atomic E-state index is -0.818. The predicted molar refractivity (Wildman–Crippen MR) is 121 cm³/mol. The van der Waals surface area contributed by atoms with Crippen LogP contribution in [0.1, 0.15) is 22.8 Å². The molecule has 0 N–H and O–H groups in total. The van der Waals surface area contributed by atoms with E-state index in [1.807, 2.05) is 36.4 Å². The van der Waals surface area contributed by atoms with Crippen LogP contribution in [-0.4, -0.2) is 18.5 Å². The van der Waals surface area contributed by atoms with Crippen molar-refractivity contribution in [3.8, 4) is 5.75 Å². The Morgan fingerprint density at radius 3 is 2.61 bits per heavy atom. The molecular formula is C26H18O7. The molecule has 0 saturated carbocycles. The maximum Gasteiger partial charge on any atom is 0.351 e. The number of ether oxygens (including phenoxy) is 2. The van der Waals surface area contributed by atoms with E-state index < -0.39 is 17.6 Å². The first-order chi connectivity index (χ1) is 16.0. The summed E-state index contributed by atoms with van der Waals surface area (Å²) < 4.78 is 21.2. The van der Waals surface area contributed by atoms with Gasteiger partial charge in [-0.2, -0.15) is 0 Å². The van der Waals surface area contributed by atoms with Crippen molar-refractivity contribution in [3.05, 3.63) is 88.5 Å². The van der Waals surface area contributed by atoms with Gasteiger partial charge in [-0.3, -0.25) is 4.79 Å². The van der Waals surface area contributed by atoms with E-state index in [1.54, 1.807) is 25.3 Å². The van der Waals surface area contributed by atoms with Crippen LogP contribution in [0.3, 0.4) is 0 Å². The average molecular weight is 442 g/mol. The number of carbonyl (C=O) groups excluding carboxylic acids is 2. The highest BCUT2D eigenvalue weighted by molar-refractivity contribution is 6.08. The van der Waals surface area contributed by atoms with Gasteiger partial charge in [0.25, 0.3) is 0 Å². The molecule has 2 heterocycles. The van der Waals surface area contributed by atoms with Crippen LogP contribution in [0.25, 0.3) is 32.7 Å². The fourth-order valence-corrected chi connectivity index (χ4v) is 3.83. The number of hydrogen-bond acceptors (Lipinski definition) is 7. The minimum Gasteiger partial charge on any atom is -0.464 e. The highest BCUT2D eigenvalue weighted by Crippen LogP contribution is 2.30. The van der Waals surface area contributed by atoms with Crippen molar-refractivity contribution >= 4 is 44.6 Å². The Labute approximate surface area is 187 Å². The molecule has 7 heteroatoms. The van der Waals surface area contributed by atoms with Crippen molar-refractivity contribution in [2.24, 2.45) is 0 Å². The van der Waals surface area contributed by atoms with Crippen molar-refractivity contribution in [1.82, 2.24) is 0 Å². The fourth-order valence-electron chi connectivity index (χ4n) is 3.83. The van der Waals surface area contributed by atoms with Crippen LogP contribution in [0.4, 0.5) is 0 Å². The number of esters is 2. The van der Waals surface area contributed by atoms with E-state index in [9.17, 15) is 14.4 Å². The van der Waals surface area contributed by atoms with Crippen molar-refractivity contribution in [2.45, 2.75) is 13.3 Å². The Kier molecular flexibility index (Phi) is 5.14. The third kappa shape index (κ3) is 3.85. The van der Waals surface area contributed by atoms with Gasteiger partial charge in [-0.05, 0) is 42.0 Å². The van der Waals surface area contributed by atoms with Gasteiger partial charge < -0.3 is 18.3 Å². The van der Waals surface area contributed by atoms with Gasteiger partial charge in [0.15, 0.2) is 0 Å². The molecule has 0 saturated heterocycles. The summed E-state index contributed by atoms with van der Waals surface area (Å²) >= 11 is 0. The van der Waals surface area contributed by atoms with Crippen molar-refractivity contribution in [2.75, 3.05) is 6.61 Å². The molecule has 5 rings (SSSR count). The quantitative estimate of drug-likeness (QED) is 0.214. The summed E-state index contributed by atoms with van der Waals surface area (Å²) in [6.07, 6.45) is 1.57. The molecule has 3 aromatic carbocycles. The maximum absolute atomic E-state index is 12.7. The molecule has 0 unspecified atom stereocenters. The standard InChI is InChI=1S/C26H18O7/c1-2-30-25(28)20-11-16-7-9-18(13-22(16)33-26(20)29)32-23(27)12-17-14-31-21-10-8-15-5-3-4-6-19(15)24(17)21/h3-11,13-14H,2,12H2,1H3. The number of rotatable bonds is 5. The first kappa shape index (κ1) is 20.5. The lowest BCUT2D eigenvalue weighted by molar-refractivity contribution is -0.133. The Morgan fingerprint density at radius 1 is 0.939 bits per heavy atom. The third-order valence-electron chi connectivity index (χ3n) is 5.31. The summed E-state index contributed by atoms with van der Waals surface area (Å²) in [5.74, 6) is -1.02. The van der Waals surface area contributed by atoms with Crippen LogP contribution < -0.4 is 10.4 Å². The molecule has 2 aromatic heterocycles. The number of carbonyl (C=O) groups is 2. The molecule has 0 aliphatic carbocycles. The van der Waals surface area contributed by atoms with Gasteiger partial charge in [0.05, 0.1) is 19.3 Å². The van der Waals surface area contributed by atoms with Crippen LogP contribution in [-0.2, 0) is 16.0 Å². The van der Waals surface area contributed by atoms with Crippen molar-refractivity contribution < 1.29 is 27.9 Å². The van der Waals surface area contributed by atoms with E-state index in [2.05, 4.69) is 0 Å². The van der Waals surface area contributed by atoms with Crippen LogP contribution in [0.5, 0.6) is 5.75 Å². The molecule has 0 radical (unpaired) electrons. The zero-order chi connectivity index (χ0) is 22.9. The molecule has 0 bridgehead atoms. The lowest BCUT2D eigenvalue weighted by Gasteiger charge is -2.06. The van der Waals surface area contributed by atoms with Crippen LogP contribution in [0, 0.1) is 0 Å². The van der Waals surface area contributed by atoms with E-state index in [0.29, 0.717) is 11.0 Å². The lowest BCUT2D eigenvalue weighted by Crippen LogP contribution is -2.16. The second kappa shape index (κ2) is 8.27. The minimum absolute atomic E-state index is 0.00475. The Bertz CT molecular complexity index is 1590. The molecule has 0 aliphatic heterocycles. The highest BCUT2D eigenvalue weighted by atomic mass is 16.5. The number of hydrogen-bond donors (Lipinski definition) is 0. The topological polar surface area (TPSA) is 96.0 Å². The van der Waals surface area contributed by atoms with Gasteiger partial charge in [-0.15, -0.1) is 0 Å². The molecule has 164 valence electrons. The van der Waals surface area contributed by atoms with E-state index in [-0.39, 0.29) is 29.9 Å². The Hall–Kier alpha value is -4.39. The van der Waals surface area contributed by atoms with Crippen LogP contribution in [0.15, 0.2) is 80.6 Å². The first-order valence-corrected chi connectivity index (χ1v) is 10.4. The number of benzene rings is 3. The molecule has 0 amide bonds. The summed E-state index contributed by atoms with van der Waals surface area (Å²) in [5, 5.41) is 3.43. The monoisotopic (exact) mass is 442 g/mol. The van der Waals surface area contributed by atoms with Gasteiger partial charge in [-0.1, -0.05) is 30.3 Å². The lowest BCUT2D eigenvalue weighted by atomic mass is 10.0. The fraction of sp³-hybridized carbons (Fsp3) is 0.115. The van der Waals surface area contributed by atoms with Crippen LogP contribution in [0.2, 0.25) is 0 Å². The summed E-state index contributed by atoms with van der Waals surface area (Å²) in [7, 11) is 0. The Morgan fingerprint density at radius 2 is 1.76 bits per heavy atom. The van der Waals surface area contributed by atoms with Gasteiger partial charge >= 0.3 is 17.6 Å². The first-order valence-electron chi connectivity index (χ1n) is 10.4. The second-order valence-corrected chi connectivity index (χ2v) is 7.44. The SMILES string of the molecule is CCOC(=O)c1cc2ccc(OC(=O)Cc3coc4ccc5ccccc5c34)cc2oc1=O. The van der Waals surface area contributed by atoms with Gasteiger partial charge in [0.1, 0.15) is 22.5 Å². The smallest absolute Gasteiger partial charge is 0.351 e. The average Bonchev–Trinajstić information content (AvgIpc) is 3.21. The molecular weight excluding hydrogens is 424 g/mol. The molecule has 0 atom stereocenters. The zero-order valence-electron chi connectivity index (χ0n) is 17.6. The van der Waals surface area contributed by atoms with Gasteiger partial charge in [-0.25, -0.2) is 9.59 Å². The van der Waals surface area contributed by atoms with Gasteiger partial charge in [0, 0.05) is 22.4 Å². The second-order valence-electron chi connectivity index (χ2n) is 7.44. The summed E-state index contributed by atoms with van der Waals surface area (Å²) in [4.78, 5) is 36.7. The summed E-state index contributed by atoms with van der Waals surface area (Å²) in [6, 6.07) is 17.7. The highest BCUT2D eigenvalue weighted by Gasteiger charge is 2.17. The molecule has 7 nitrogen and oxygen atoms in total. The molecule has 0 spiro atoms. The molecule has 0 aliphatic rings. The molecule has 0 fully saturated rings. The number of fused-ring (bicyclic) bond motifs is 4. The summed E-state index contributed by atoms with van der Waals surface area (Å²) in [6.45, 7) is 1.79. The van der Waals surface area contributed by atoms with Crippen molar-refractivity contribution in [1.29, 1.82) is 0 Å². The Balaban J connectivity index is 1.40. The van der Waals surface area contributed by atoms with Crippen LogP contribution >= 0.6 is 0 Å². The van der Waals surface area contributed by atoms with Crippen molar-refractivity contribution in [3.63, 3.8) is 0 Å². The summed E-state index contributed by atoms with van der Waals surface area (Å²) in [5.41, 5.74) is 0.604. The number of furan rings is 1. The predicted octanol–water partition coefficient (Wildman–Crippen LogP) is 5.02. The van der Waals surface area contributed by atoms with E-state index in [1.165, 1.54) is 12.1 Å². The van der Waals surface area contributed by atoms with E-state index >= 15 is 0 Å². The van der Waals surface area contributed by atoms with E-state index in [4.69, 9.17) is 18.3 Å². The maximum atomic E-state index is 12.7. The van der Waals surface area contributed by atoms with Gasteiger partial charge in [0.2, 0.25) is 0 Å². The zero-order valence-corrected chi connectivity index (χ0v) is 17.6. The van der Waals surface area contributed by atoms with E-state index in [0.717, 1.165) is 21.7 Å². The molecule has 33 heavy (non-hydrogen) atoms.